The second-order valence-electron chi connectivity index (χ2n) is 5.54. The highest BCUT2D eigenvalue weighted by Gasteiger charge is 2.20. The van der Waals surface area contributed by atoms with E-state index in [4.69, 9.17) is 0 Å². The van der Waals surface area contributed by atoms with Crippen molar-refractivity contribution < 1.29 is 4.39 Å². The molecule has 0 spiro atoms. The van der Waals surface area contributed by atoms with Crippen LogP contribution in [-0.2, 0) is 0 Å². The average Bonchev–Trinajstić information content (AvgIpc) is 2.49. The summed E-state index contributed by atoms with van der Waals surface area (Å²) in [5.41, 5.74) is 1.06. The molecule has 2 heterocycles. The Bertz CT molecular complexity index is 915. The van der Waals surface area contributed by atoms with Gasteiger partial charge in [-0.3, -0.25) is 4.79 Å². The molecule has 0 unspecified atom stereocenters. The fourth-order valence-electron chi connectivity index (χ4n) is 2.71. The maximum Gasteiger partial charge on any atom is 0.265 e. The molecule has 0 aliphatic rings. The number of nitrogens with zero attached hydrogens (tertiary/aromatic N) is 3. The normalized spacial score (nSPS) is 11.3. The second-order valence-corrected chi connectivity index (χ2v) is 5.54. The van der Waals surface area contributed by atoms with E-state index in [9.17, 15) is 4.79 Å². The molecule has 3 aromatic rings. The van der Waals surface area contributed by atoms with Crippen molar-refractivity contribution in [3.63, 3.8) is 0 Å². The number of benzene rings is 1. The van der Waals surface area contributed by atoms with Gasteiger partial charge in [0.1, 0.15) is 6.33 Å². The van der Waals surface area contributed by atoms with E-state index in [0.29, 0.717) is 27.7 Å². The van der Waals surface area contributed by atoms with Crippen molar-refractivity contribution in [1.29, 1.82) is 0 Å². The smallest absolute Gasteiger partial charge is 0.265 e. The van der Waals surface area contributed by atoms with Gasteiger partial charge in [-0.05, 0) is 24.3 Å². The maximum absolute atomic E-state index is 15.1. The Balaban J connectivity index is 2.52. The first-order valence-electron chi connectivity index (χ1n) is 7.12. The molecule has 0 saturated heterocycles. The van der Waals surface area contributed by atoms with E-state index in [2.05, 4.69) is 9.97 Å². The van der Waals surface area contributed by atoms with Crippen LogP contribution in [0.4, 0.5) is 4.39 Å². The lowest BCUT2D eigenvalue weighted by molar-refractivity contribution is 0.522. The van der Waals surface area contributed by atoms with Crippen molar-refractivity contribution in [2.45, 2.75) is 26.7 Å². The van der Waals surface area contributed by atoms with Crippen molar-refractivity contribution in [3.05, 3.63) is 64.3 Å². The van der Waals surface area contributed by atoms with E-state index in [0.717, 1.165) is 4.57 Å². The summed E-state index contributed by atoms with van der Waals surface area (Å²) in [7, 11) is 0. The molecule has 0 N–H and O–H groups in total. The summed E-state index contributed by atoms with van der Waals surface area (Å²) >= 11 is 0. The molecular weight excluding hydrogens is 281 g/mol. The van der Waals surface area contributed by atoms with Crippen LogP contribution in [0.2, 0.25) is 0 Å². The molecule has 0 amide bonds. The van der Waals surface area contributed by atoms with E-state index in [1.807, 2.05) is 19.9 Å². The van der Waals surface area contributed by atoms with Gasteiger partial charge < -0.3 is 0 Å². The standard InChI is InChI=1S/C17H16FN3O/c1-10(2)15-12-6-4-5-7-13(12)17(22)21(16(15)18)14-8-19-9-20-11(14)3/h4-10H,1-3H3. The van der Waals surface area contributed by atoms with Crippen LogP contribution in [0.25, 0.3) is 16.5 Å². The first kappa shape index (κ1) is 14.4. The zero-order valence-electron chi connectivity index (χ0n) is 12.7. The molecule has 0 saturated carbocycles. The molecule has 112 valence electrons. The van der Waals surface area contributed by atoms with E-state index < -0.39 is 11.5 Å². The van der Waals surface area contributed by atoms with Gasteiger partial charge in [0.15, 0.2) is 0 Å². The van der Waals surface area contributed by atoms with Crippen LogP contribution >= 0.6 is 0 Å². The summed E-state index contributed by atoms with van der Waals surface area (Å²) in [6.07, 6.45) is 2.85. The summed E-state index contributed by atoms with van der Waals surface area (Å²) in [6, 6.07) is 7.10. The largest absolute Gasteiger partial charge is 0.268 e. The van der Waals surface area contributed by atoms with Crippen LogP contribution in [0.1, 0.15) is 31.0 Å². The van der Waals surface area contributed by atoms with Gasteiger partial charge in [-0.1, -0.05) is 32.0 Å². The Morgan fingerprint density at radius 3 is 2.50 bits per heavy atom. The quantitative estimate of drug-likeness (QED) is 0.681. The third kappa shape index (κ3) is 2.09. The van der Waals surface area contributed by atoms with Gasteiger partial charge in [0.05, 0.1) is 17.6 Å². The van der Waals surface area contributed by atoms with Crippen molar-refractivity contribution >= 4 is 10.8 Å². The lowest BCUT2D eigenvalue weighted by atomic mass is 9.98. The molecule has 0 fully saturated rings. The van der Waals surface area contributed by atoms with Crippen LogP contribution in [0, 0.1) is 12.9 Å². The highest BCUT2D eigenvalue weighted by Crippen LogP contribution is 2.27. The maximum atomic E-state index is 15.1. The SMILES string of the molecule is Cc1ncncc1-n1c(F)c(C(C)C)c2ccccc2c1=O. The van der Waals surface area contributed by atoms with E-state index in [-0.39, 0.29) is 5.92 Å². The fourth-order valence-corrected chi connectivity index (χ4v) is 2.71. The molecule has 1 aromatic carbocycles. The molecule has 0 aliphatic carbocycles. The van der Waals surface area contributed by atoms with Gasteiger partial charge in [-0.2, -0.15) is 4.39 Å². The third-order valence-corrected chi connectivity index (χ3v) is 3.77. The van der Waals surface area contributed by atoms with Crippen LogP contribution < -0.4 is 5.56 Å². The number of hydrogen-bond acceptors (Lipinski definition) is 3. The molecule has 0 aliphatic heterocycles. The zero-order valence-corrected chi connectivity index (χ0v) is 12.7. The first-order chi connectivity index (χ1) is 10.5. The van der Waals surface area contributed by atoms with Gasteiger partial charge in [-0.15, -0.1) is 0 Å². The summed E-state index contributed by atoms with van der Waals surface area (Å²) in [5.74, 6) is -0.599. The second kappa shape index (κ2) is 5.33. The number of pyridine rings is 1. The van der Waals surface area contributed by atoms with Gasteiger partial charge in [0.2, 0.25) is 5.95 Å². The minimum Gasteiger partial charge on any atom is -0.268 e. The van der Waals surface area contributed by atoms with Crippen LogP contribution in [0.5, 0.6) is 0 Å². The Hall–Kier alpha value is -2.56. The monoisotopic (exact) mass is 297 g/mol. The van der Waals surface area contributed by atoms with Gasteiger partial charge in [-0.25, -0.2) is 14.5 Å². The highest BCUT2D eigenvalue weighted by molar-refractivity contribution is 5.85. The average molecular weight is 297 g/mol. The minimum atomic E-state index is -0.545. The van der Waals surface area contributed by atoms with E-state index >= 15 is 4.39 Å². The topological polar surface area (TPSA) is 47.8 Å². The summed E-state index contributed by atoms with van der Waals surface area (Å²) in [5, 5.41) is 1.15. The number of aromatic nitrogens is 3. The van der Waals surface area contributed by atoms with Crippen molar-refractivity contribution in [2.24, 2.45) is 0 Å². The predicted molar refractivity (Wildman–Crippen MR) is 83.9 cm³/mol. The summed E-state index contributed by atoms with van der Waals surface area (Å²) < 4.78 is 16.2. The molecule has 0 radical (unpaired) electrons. The molecular formula is C17H16FN3O. The number of fused-ring (bicyclic) bond motifs is 1. The predicted octanol–water partition coefficient (Wildman–Crippen LogP) is 3.35. The van der Waals surface area contributed by atoms with Crippen LogP contribution in [-0.4, -0.2) is 14.5 Å². The minimum absolute atomic E-state index is 0.0540. The van der Waals surface area contributed by atoms with Gasteiger partial charge >= 0.3 is 0 Å². The lowest BCUT2D eigenvalue weighted by Crippen LogP contribution is -2.25. The number of aryl methyl sites for hydroxylation is 1. The molecule has 5 heteroatoms. The van der Waals surface area contributed by atoms with Crippen LogP contribution in [0.3, 0.4) is 0 Å². The van der Waals surface area contributed by atoms with Crippen LogP contribution in [0.15, 0.2) is 41.6 Å². The molecule has 0 atom stereocenters. The fraction of sp³-hybridized carbons (Fsp3) is 0.235. The molecule has 22 heavy (non-hydrogen) atoms. The Morgan fingerprint density at radius 1 is 1.18 bits per heavy atom. The van der Waals surface area contributed by atoms with Crippen molar-refractivity contribution in [3.8, 4) is 5.69 Å². The van der Waals surface area contributed by atoms with Crippen molar-refractivity contribution in [1.82, 2.24) is 14.5 Å². The third-order valence-electron chi connectivity index (χ3n) is 3.77. The Labute approximate surface area is 127 Å². The molecule has 3 rings (SSSR count). The Kier molecular flexibility index (Phi) is 3.48. The highest BCUT2D eigenvalue weighted by atomic mass is 19.1. The van der Waals surface area contributed by atoms with E-state index in [1.54, 1.807) is 25.1 Å². The van der Waals surface area contributed by atoms with E-state index in [1.165, 1.54) is 12.5 Å². The number of rotatable bonds is 2. The van der Waals surface area contributed by atoms with Crippen molar-refractivity contribution in [2.75, 3.05) is 0 Å². The Morgan fingerprint density at radius 2 is 1.86 bits per heavy atom. The van der Waals surface area contributed by atoms with Gasteiger partial charge in [0.25, 0.3) is 5.56 Å². The molecule has 2 aromatic heterocycles. The summed E-state index contributed by atoms with van der Waals surface area (Å²) in [6.45, 7) is 5.55. The molecule has 0 bridgehead atoms. The zero-order chi connectivity index (χ0) is 15.9. The first-order valence-corrected chi connectivity index (χ1v) is 7.12. The number of hydrogen-bond donors (Lipinski definition) is 0. The lowest BCUT2D eigenvalue weighted by Gasteiger charge is -2.17. The number of halogens is 1. The van der Waals surface area contributed by atoms with Gasteiger partial charge in [0, 0.05) is 10.9 Å². The molecule has 4 nitrogen and oxygen atoms in total. The summed E-state index contributed by atoms with van der Waals surface area (Å²) in [4.78, 5) is 20.7.